The Bertz CT molecular complexity index is 528. The summed E-state index contributed by atoms with van der Waals surface area (Å²) in [5.41, 5.74) is 0.410. The first-order valence-electron chi connectivity index (χ1n) is 6.49. The largest absolute Gasteiger partial charge is 0.365 e. The van der Waals surface area contributed by atoms with Crippen molar-refractivity contribution in [3.63, 3.8) is 0 Å². The number of benzene rings is 1. The standard InChI is InChI=1S/C14H15FN2O2/c15-12-5-6-13(14(7-12)17(18)19)16-8-10-3-1-2-4-11(10)9-16/h1-2,5-7,10-11H,3-4,8-9H2. The quantitative estimate of drug-likeness (QED) is 0.467. The Morgan fingerprint density at radius 3 is 2.42 bits per heavy atom. The van der Waals surface area contributed by atoms with Crippen LogP contribution in [0, 0.1) is 27.8 Å². The third kappa shape index (κ3) is 2.20. The fourth-order valence-corrected chi connectivity index (χ4v) is 3.12. The SMILES string of the molecule is O=[N+]([O-])c1cc(F)ccc1N1CC2CC=CCC2C1. The second kappa shape index (κ2) is 4.64. The minimum atomic E-state index is -0.561. The Morgan fingerprint density at radius 1 is 1.21 bits per heavy atom. The van der Waals surface area contributed by atoms with Gasteiger partial charge in [0.05, 0.1) is 11.0 Å². The summed E-state index contributed by atoms with van der Waals surface area (Å²) in [6.45, 7) is 1.64. The average Bonchev–Trinajstić information content (AvgIpc) is 2.82. The first-order valence-corrected chi connectivity index (χ1v) is 6.49. The lowest BCUT2D eigenvalue weighted by atomic mass is 9.86. The van der Waals surface area contributed by atoms with Crippen molar-refractivity contribution in [2.45, 2.75) is 12.8 Å². The van der Waals surface area contributed by atoms with Gasteiger partial charge in [0, 0.05) is 13.1 Å². The lowest BCUT2D eigenvalue weighted by molar-refractivity contribution is -0.384. The summed E-state index contributed by atoms with van der Waals surface area (Å²) in [6.07, 6.45) is 6.44. The molecule has 1 aromatic carbocycles. The molecule has 1 fully saturated rings. The zero-order chi connectivity index (χ0) is 13.4. The van der Waals surface area contributed by atoms with Crippen molar-refractivity contribution in [1.29, 1.82) is 0 Å². The molecule has 2 aliphatic rings. The minimum Gasteiger partial charge on any atom is -0.365 e. The van der Waals surface area contributed by atoms with Gasteiger partial charge in [-0.1, -0.05) is 12.2 Å². The molecule has 19 heavy (non-hydrogen) atoms. The maximum absolute atomic E-state index is 13.2. The third-order valence-electron chi connectivity index (χ3n) is 4.10. The lowest BCUT2D eigenvalue weighted by Gasteiger charge is -2.18. The van der Waals surface area contributed by atoms with E-state index in [1.807, 2.05) is 4.90 Å². The third-order valence-corrected chi connectivity index (χ3v) is 4.10. The number of halogens is 1. The first-order chi connectivity index (χ1) is 9.15. The summed E-state index contributed by atoms with van der Waals surface area (Å²) >= 11 is 0. The van der Waals surface area contributed by atoms with Gasteiger partial charge in [0.15, 0.2) is 0 Å². The molecule has 100 valence electrons. The molecular formula is C14H15FN2O2. The van der Waals surface area contributed by atoms with Gasteiger partial charge >= 0.3 is 0 Å². The number of nitrogens with zero attached hydrogens (tertiary/aromatic N) is 2. The molecule has 0 amide bonds. The van der Waals surface area contributed by atoms with Gasteiger partial charge in [0.2, 0.25) is 0 Å². The smallest absolute Gasteiger partial charge is 0.295 e. The Hall–Kier alpha value is -1.91. The lowest BCUT2D eigenvalue weighted by Crippen LogP contribution is -2.21. The molecular weight excluding hydrogens is 247 g/mol. The van der Waals surface area contributed by atoms with Gasteiger partial charge in [-0.3, -0.25) is 10.1 Å². The number of rotatable bonds is 2. The predicted octanol–water partition coefficient (Wildman–Crippen LogP) is 3.14. The molecule has 0 radical (unpaired) electrons. The highest BCUT2D eigenvalue weighted by Gasteiger charge is 2.35. The van der Waals surface area contributed by atoms with Crippen molar-refractivity contribution in [2.24, 2.45) is 11.8 Å². The van der Waals surface area contributed by atoms with Gasteiger partial charge in [-0.25, -0.2) is 4.39 Å². The number of allylic oxidation sites excluding steroid dienone is 2. The van der Waals surface area contributed by atoms with Crippen LogP contribution in [0.1, 0.15) is 12.8 Å². The maximum Gasteiger partial charge on any atom is 0.295 e. The summed E-state index contributed by atoms with van der Waals surface area (Å²) in [4.78, 5) is 12.6. The first kappa shape index (κ1) is 12.1. The van der Waals surface area contributed by atoms with Crippen molar-refractivity contribution in [2.75, 3.05) is 18.0 Å². The number of nitro groups is 1. The topological polar surface area (TPSA) is 46.4 Å². The highest BCUT2D eigenvalue weighted by Crippen LogP contribution is 2.38. The van der Waals surface area contributed by atoms with Crippen LogP contribution in [-0.2, 0) is 0 Å². The molecule has 5 heteroatoms. The fraction of sp³-hybridized carbons (Fsp3) is 0.429. The number of hydrogen-bond acceptors (Lipinski definition) is 3. The van der Waals surface area contributed by atoms with Crippen LogP contribution in [0.15, 0.2) is 30.4 Å². The molecule has 4 nitrogen and oxygen atoms in total. The Morgan fingerprint density at radius 2 is 1.84 bits per heavy atom. The van der Waals surface area contributed by atoms with Gasteiger partial charge < -0.3 is 4.90 Å². The summed E-state index contributed by atoms with van der Waals surface area (Å²) in [7, 11) is 0. The van der Waals surface area contributed by atoms with Crippen LogP contribution in [-0.4, -0.2) is 18.0 Å². The fourth-order valence-electron chi connectivity index (χ4n) is 3.12. The van der Waals surface area contributed by atoms with Crippen molar-refractivity contribution in [3.8, 4) is 0 Å². The van der Waals surface area contributed by atoms with Gasteiger partial charge in [0.1, 0.15) is 11.5 Å². The van der Waals surface area contributed by atoms with E-state index in [1.54, 1.807) is 0 Å². The van der Waals surface area contributed by atoms with Gasteiger partial charge in [-0.2, -0.15) is 0 Å². The molecule has 3 rings (SSSR count). The van der Waals surface area contributed by atoms with Crippen LogP contribution in [0.25, 0.3) is 0 Å². The molecule has 1 saturated heterocycles. The Balaban J connectivity index is 1.89. The number of anilines is 1. The molecule has 0 spiro atoms. The van der Waals surface area contributed by atoms with E-state index in [0.717, 1.165) is 32.0 Å². The van der Waals surface area contributed by atoms with Crippen molar-refractivity contribution in [3.05, 3.63) is 46.3 Å². The minimum absolute atomic E-state index is 0.133. The van der Waals surface area contributed by atoms with E-state index in [2.05, 4.69) is 12.2 Å². The van der Waals surface area contributed by atoms with Crippen molar-refractivity contribution in [1.82, 2.24) is 0 Å². The highest BCUT2D eigenvalue weighted by atomic mass is 19.1. The maximum atomic E-state index is 13.2. The highest BCUT2D eigenvalue weighted by molar-refractivity contribution is 5.64. The predicted molar refractivity (Wildman–Crippen MR) is 70.6 cm³/mol. The van der Waals surface area contributed by atoms with E-state index in [1.165, 1.54) is 12.1 Å². The van der Waals surface area contributed by atoms with E-state index in [0.29, 0.717) is 17.5 Å². The van der Waals surface area contributed by atoms with E-state index >= 15 is 0 Å². The van der Waals surface area contributed by atoms with E-state index < -0.39 is 10.7 Å². The molecule has 1 aliphatic heterocycles. The monoisotopic (exact) mass is 262 g/mol. The molecule has 2 atom stereocenters. The number of fused-ring (bicyclic) bond motifs is 1. The molecule has 1 aliphatic carbocycles. The zero-order valence-electron chi connectivity index (χ0n) is 10.5. The van der Waals surface area contributed by atoms with Crippen LogP contribution in [0.3, 0.4) is 0 Å². The molecule has 0 aromatic heterocycles. The number of hydrogen-bond donors (Lipinski definition) is 0. The van der Waals surface area contributed by atoms with E-state index in [9.17, 15) is 14.5 Å². The van der Waals surface area contributed by atoms with Crippen molar-refractivity contribution >= 4 is 11.4 Å². The molecule has 0 bridgehead atoms. The molecule has 2 unspecified atom stereocenters. The van der Waals surface area contributed by atoms with Gasteiger partial charge in [-0.05, 0) is 36.8 Å². The summed E-state index contributed by atoms with van der Waals surface area (Å²) in [5, 5.41) is 11.0. The molecule has 1 heterocycles. The zero-order valence-corrected chi connectivity index (χ0v) is 10.5. The average molecular weight is 262 g/mol. The second-order valence-electron chi connectivity index (χ2n) is 5.26. The van der Waals surface area contributed by atoms with E-state index in [-0.39, 0.29) is 5.69 Å². The van der Waals surface area contributed by atoms with Crippen LogP contribution >= 0.6 is 0 Å². The van der Waals surface area contributed by atoms with Crippen LogP contribution in [0.5, 0.6) is 0 Å². The molecule has 0 saturated carbocycles. The number of nitro benzene ring substituents is 1. The van der Waals surface area contributed by atoms with Crippen LogP contribution in [0.4, 0.5) is 15.8 Å². The Labute approximate surface area is 110 Å². The summed E-state index contributed by atoms with van der Waals surface area (Å²) < 4.78 is 13.2. The van der Waals surface area contributed by atoms with Crippen LogP contribution in [0.2, 0.25) is 0 Å². The molecule has 0 N–H and O–H groups in total. The van der Waals surface area contributed by atoms with E-state index in [4.69, 9.17) is 0 Å². The second-order valence-corrected chi connectivity index (χ2v) is 5.26. The van der Waals surface area contributed by atoms with Gasteiger partial charge in [0.25, 0.3) is 5.69 Å². The summed E-state index contributed by atoms with van der Waals surface area (Å²) in [6, 6.07) is 3.83. The normalized spacial score (nSPS) is 25.4. The Kier molecular flexibility index (Phi) is 2.97. The van der Waals surface area contributed by atoms with Crippen LogP contribution < -0.4 is 4.90 Å². The van der Waals surface area contributed by atoms with Crippen molar-refractivity contribution < 1.29 is 9.31 Å². The van der Waals surface area contributed by atoms with Gasteiger partial charge in [-0.15, -0.1) is 0 Å². The molecule has 1 aromatic rings. The summed E-state index contributed by atoms with van der Waals surface area (Å²) in [5.74, 6) is 0.568.